The summed E-state index contributed by atoms with van der Waals surface area (Å²) in [5.74, 6) is 0.292. The fourth-order valence-corrected chi connectivity index (χ4v) is 1.97. The van der Waals surface area contributed by atoms with E-state index in [9.17, 15) is 13.2 Å². The van der Waals surface area contributed by atoms with E-state index in [1.54, 1.807) is 24.3 Å². The average Bonchev–Trinajstić information content (AvgIpc) is 2.29. The van der Waals surface area contributed by atoms with Crippen LogP contribution in [-0.4, -0.2) is 15.5 Å². The molecule has 0 atom stereocenters. The summed E-state index contributed by atoms with van der Waals surface area (Å²) >= 11 is -0.158. The summed E-state index contributed by atoms with van der Waals surface area (Å²) in [6, 6.07) is 7.81. The van der Waals surface area contributed by atoms with Crippen LogP contribution in [0, 0.1) is 0 Å². The largest absolute Gasteiger partial charge is 0.446 e. The van der Waals surface area contributed by atoms with Crippen molar-refractivity contribution in [2.24, 2.45) is 0 Å². The lowest BCUT2D eigenvalue weighted by atomic mass is 10.2. The van der Waals surface area contributed by atoms with E-state index in [1.807, 2.05) is 0 Å². The number of benzene rings is 1. The van der Waals surface area contributed by atoms with E-state index in [2.05, 4.69) is 9.97 Å². The van der Waals surface area contributed by atoms with Gasteiger partial charge in [0.1, 0.15) is 0 Å². The maximum absolute atomic E-state index is 12.4. The second kappa shape index (κ2) is 4.75. The molecule has 0 bridgehead atoms. The van der Waals surface area contributed by atoms with Crippen LogP contribution in [0.4, 0.5) is 13.2 Å². The van der Waals surface area contributed by atoms with Crippen LogP contribution in [0.1, 0.15) is 0 Å². The highest BCUT2D eigenvalue weighted by Gasteiger charge is 2.30. The lowest BCUT2D eigenvalue weighted by Crippen LogP contribution is -2.00. The Morgan fingerprint density at radius 3 is 2.24 bits per heavy atom. The number of hydrogen-bond donors (Lipinski definition) is 0. The predicted octanol–water partition coefficient (Wildman–Crippen LogP) is 3.76. The van der Waals surface area contributed by atoms with Crippen LogP contribution in [-0.2, 0) is 0 Å². The molecule has 0 aliphatic carbocycles. The Morgan fingerprint density at radius 1 is 0.941 bits per heavy atom. The molecule has 1 heterocycles. The lowest BCUT2D eigenvalue weighted by molar-refractivity contribution is -0.0327. The van der Waals surface area contributed by atoms with Gasteiger partial charge in [0, 0.05) is 22.9 Å². The first-order valence-electron chi connectivity index (χ1n) is 4.68. The first-order chi connectivity index (χ1) is 8.06. The molecule has 17 heavy (non-hydrogen) atoms. The molecule has 0 amide bonds. The van der Waals surface area contributed by atoms with Crippen molar-refractivity contribution in [3.8, 4) is 11.4 Å². The molecule has 0 N–H and O–H groups in total. The third-order valence-corrected chi connectivity index (χ3v) is 2.73. The van der Waals surface area contributed by atoms with Crippen molar-refractivity contribution in [1.29, 1.82) is 0 Å². The Balaban J connectivity index is 2.41. The number of rotatable bonds is 2. The molecule has 0 unspecified atom stereocenters. The normalized spacial score (nSPS) is 11.5. The Hall–Kier alpha value is -1.56. The van der Waals surface area contributed by atoms with E-state index >= 15 is 0 Å². The van der Waals surface area contributed by atoms with Gasteiger partial charge in [-0.1, -0.05) is 18.2 Å². The summed E-state index contributed by atoms with van der Waals surface area (Å²) in [7, 11) is 0. The highest BCUT2D eigenvalue weighted by molar-refractivity contribution is 8.00. The van der Waals surface area contributed by atoms with Gasteiger partial charge < -0.3 is 0 Å². The smallest absolute Gasteiger partial charge is 0.237 e. The summed E-state index contributed by atoms with van der Waals surface area (Å²) in [6.07, 6.45) is 2.99. The molecule has 0 aliphatic heterocycles. The first kappa shape index (κ1) is 11.9. The molecule has 2 nitrogen and oxygen atoms in total. The van der Waals surface area contributed by atoms with Gasteiger partial charge in [0.25, 0.3) is 0 Å². The van der Waals surface area contributed by atoms with Crippen LogP contribution in [0.25, 0.3) is 11.4 Å². The molecule has 1 aromatic carbocycles. The highest BCUT2D eigenvalue weighted by Crippen LogP contribution is 2.40. The summed E-state index contributed by atoms with van der Waals surface area (Å²) in [5.41, 5.74) is -3.93. The van der Waals surface area contributed by atoms with Crippen molar-refractivity contribution in [3.05, 3.63) is 42.7 Å². The highest BCUT2D eigenvalue weighted by atomic mass is 32.2. The maximum atomic E-state index is 12.4. The third-order valence-electron chi connectivity index (χ3n) is 1.92. The number of halogens is 3. The van der Waals surface area contributed by atoms with Crippen LogP contribution >= 0.6 is 11.8 Å². The van der Waals surface area contributed by atoms with Crippen molar-refractivity contribution >= 4 is 11.8 Å². The van der Waals surface area contributed by atoms with E-state index in [4.69, 9.17) is 0 Å². The minimum absolute atomic E-state index is 0.103. The maximum Gasteiger partial charge on any atom is 0.446 e. The zero-order valence-electron chi connectivity index (χ0n) is 8.48. The molecular weight excluding hydrogens is 249 g/mol. The van der Waals surface area contributed by atoms with Crippen LogP contribution < -0.4 is 0 Å². The molecule has 0 radical (unpaired) electrons. The van der Waals surface area contributed by atoms with Crippen LogP contribution in [0.2, 0.25) is 0 Å². The van der Waals surface area contributed by atoms with Gasteiger partial charge in [-0.15, -0.1) is 0 Å². The lowest BCUT2D eigenvalue weighted by Gasteiger charge is -2.09. The molecular formula is C11H7F3N2S. The number of hydrogen-bond acceptors (Lipinski definition) is 3. The summed E-state index contributed by atoms with van der Waals surface area (Å²) in [4.78, 5) is 8.00. The standard InChI is InChI=1S/C11H7F3N2S/c12-11(13,14)17-9-5-2-1-4-8(9)10-15-6-3-7-16-10/h1-7H. The van der Waals surface area contributed by atoms with E-state index < -0.39 is 5.51 Å². The molecule has 0 spiro atoms. The predicted molar refractivity (Wildman–Crippen MR) is 59.4 cm³/mol. The van der Waals surface area contributed by atoms with Gasteiger partial charge in [-0.2, -0.15) is 13.2 Å². The SMILES string of the molecule is FC(F)(F)Sc1ccccc1-c1ncccn1. The Labute approximate surface area is 99.9 Å². The summed E-state index contributed by atoms with van der Waals surface area (Å²) in [6.45, 7) is 0. The minimum atomic E-state index is -4.31. The molecule has 0 saturated carbocycles. The Kier molecular flexibility index (Phi) is 3.33. The third kappa shape index (κ3) is 3.20. The van der Waals surface area contributed by atoms with Crippen LogP contribution in [0.15, 0.2) is 47.6 Å². The zero-order valence-corrected chi connectivity index (χ0v) is 9.29. The fourth-order valence-electron chi connectivity index (χ4n) is 1.30. The first-order valence-corrected chi connectivity index (χ1v) is 5.50. The molecule has 88 valence electrons. The van der Waals surface area contributed by atoms with Gasteiger partial charge in [0.15, 0.2) is 5.82 Å². The van der Waals surface area contributed by atoms with E-state index in [-0.39, 0.29) is 16.7 Å². The van der Waals surface area contributed by atoms with Gasteiger partial charge in [-0.05, 0) is 23.9 Å². The van der Waals surface area contributed by atoms with Gasteiger partial charge in [-0.3, -0.25) is 0 Å². The van der Waals surface area contributed by atoms with Gasteiger partial charge in [0.2, 0.25) is 0 Å². The van der Waals surface area contributed by atoms with Crippen molar-refractivity contribution in [1.82, 2.24) is 9.97 Å². The minimum Gasteiger partial charge on any atom is -0.237 e. The van der Waals surface area contributed by atoms with E-state index in [0.29, 0.717) is 11.4 Å². The van der Waals surface area contributed by atoms with E-state index in [1.165, 1.54) is 18.5 Å². The zero-order chi connectivity index (χ0) is 12.3. The number of thioether (sulfide) groups is 1. The van der Waals surface area contributed by atoms with Crippen molar-refractivity contribution < 1.29 is 13.2 Å². The molecule has 0 aliphatic rings. The van der Waals surface area contributed by atoms with Gasteiger partial charge >= 0.3 is 5.51 Å². The van der Waals surface area contributed by atoms with Gasteiger partial charge in [0.05, 0.1) is 0 Å². The van der Waals surface area contributed by atoms with Crippen LogP contribution in [0.5, 0.6) is 0 Å². The molecule has 2 rings (SSSR count). The molecule has 2 aromatic rings. The molecule has 1 aromatic heterocycles. The van der Waals surface area contributed by atoms with Crippen molar-refractivity contribution in [2.45, 2.75) is 10.4 Å². The summed E-state index contributed by atoms with van der Waals surface area (Å²) in [5, 5.41) is 0. The Morgan fingerprint density at radius 2 is 1.59 bits per heavy atom. The monoisotopic (exact) mass is 256 g/mol. The van der Waals surface area contributed by atoms with Crippen LogP contribution in [0.3, 0.4) is 0 Å². The fraction of sp³-hybridized carbons (Fsp3) is 0.0909. The summed E-state index contributed by atoms with van der Waals surface area (Å²) < 4.78 is 37.1. The van der Waals surface area contributed by atoms with E-state index in [0.717, 1.165) is 0 Å². The Bertz CT molecular complexity index is 500. The molecule has 0 saturated heterocycles. The number of aromatic nitrogens is 2. The quantitative estimate of drug-likeness (QED) is 0.765. The molecule has 0 fully saturated rings. The number of alkyl halides is 3. The topological polar surface area (TPSA) is 25.8 Å². The average molecular weight is 256 g/mol. The van der Waals surface area contributed by atoms with Gasteiger partial charge in [-0.25, -0.2) is 9.97 Å². The second-order valence-corrected chi connectivity index (χ2v) is 4.22. The number of nitrogens with zero attached hydrogens (tertiary/aromatic N) is 2. The van der Waals surface area contributed by atoms with Crippen molar-refractivity contribution in [3.63, 3.8) is 0 Å². The second-order valence-electron chi connectivity index (χ2n) is 3.12. The van der Waals surface area contributed by atoms with Crippen molar-refractivity contribution in [2.75, 3.05) is 0 Å². The molecule has 6 heteroatoms.